The third-order valence-corrected chi connectivity index (χ3v) is 4.59. The maximum absolute atomic E-state index is 13.5. The Labute approximate surface area is 191 Å². The number of anilines is 1. The summed E-state index contributed by atoms with van der Waals surface area (Å²) >= 11 is 6.32. The number of rotatable bonds is 6. The van der Waals surface area contributed by atoms with Gasteiger partial charge < -0.3 is 10.1 Å². The Bertz CT molecular complexity index is 1230. The summed E-state index contributed by atoms with van der Waals surface area (Å²) in [6.07, 6.45) is 2.40. The van der Waals surface area contributed by atoms with Crippen molar-refractivity contribution >= 4 is 41.3 Å². The second-order valence-electron chi connectivity index (χ2n) is 6.60. The smallest absolute Gasteiger partial charge is 0.331 e. The number of carbonyl (C=O) groups excluding carboxylic acids is 3. The van der Waals surface area contributed by atoms with E-state index in [9.17, 15) is 23.2 Å². The molecule has 0 unspecified atom stereocenters. The van der Waals surface area contributed by atoms with Crippen molar-refractivity contribution in [2.45, 2.75) is 6.92 Å². The second-order valence-corrected chi connectivity index (χ2v) is 6.96. The molecule has 170 valence electrons. The molecule has 3 aromatic rings. The Balaban J connectivity index is 1.54. The number of ether oxygens (including phenoxy) is 1. The largest absolute Gasteiger partial charge is 0.452 e. The van der Waals surface area contributed by atoms with Gasteiger partial charge in [0, 0.05) is 11.6 Å². The predicted octanol–water partition coefficient (Wildman–Crippen LogP) is 4.02. The van der Waals surface area contributed by atoms with Crippen LogP contribution in [0.3, 0.4) is 0 Å². The number of para-hydroxylation sites is 1. The molecule has 3 amide bonds. The van der Waals surface area contributed by atoms with Crippen molar-refractivity contribution < 1.29 is 27.9 Å². The fraction of sp³-hybridized carbons (Fsp3) is 0.0909. The highest BCUT2D eigenvalue weighted by molar-refractivity contribution is 6.31. The van der Waals surface area contributed by atoms with Gasteiger partial charge in [0.25, 0.3) is 5.91 Å². The monoisotopic (exact) mass is 474 g/mol. The molecule has 0 radical (unpaired) electrons. The summed E-state index contributed by atoms with van der Waals surface area (Å²) in [7, 11) is 0. The second kappa shape index (κ2) is 10.5. The molecular formula is C22H17ClF2N4O4. The number of imide groups is 1. The number of esters is 1. The SMILES string of the molecule is Cc1nn(-c2ccc(F)cc2)c(Cl)c1/C=C/C(=O)OCC(=O)NC(=O)Nc1ccccc1F. The summed E-state index contributed by atoms with van der Waals surface area (Å²) in [5, 5.41) is 8.52. The Morgan fingerprint density at radius 2 is 1.82 bits per heavy atom. The van der Waals surface area contributed by atoms with Gasteiger partial charge in [-0.2, -0.15) is 5.10 Å². The van der Waals surface area contributed by atoms with Gasteiger partial charge in [-0.3, -0.25) is 10.1 Å². The summed E-state index contributed by atoms with van der Waals surface area (Å²) in [5.41, 5.74) is 1.33. The van der Waals surface area contributed by atoms with Crippen molar-refractivity contribution in [3.8, 4) is 5.69 Å². The first-order chi connectivity index (χ1) is 15.7. The van der Waals surface area contributed by atoms with E-state index in [4.69, 9.17) is 16.3 Å². The van der Waals surface area contributed by atoms with Crippen molar-refractivity contribution in [3.05, 3.63) is 82.7 Å². The fourth-order valence-electron chi connectivity index (χ4n) is 2.67. The lowest BCUT2D eigenvalue weighted by Gasteiger charge is -2.07. The number of aromatic nitrogens is 2. The molecule has 33 heavy (non-hydrogen) atoms. The Morgan fingerprint density at radius 1 is 1.12 bits per heavy atom. The molecule has 0 spiro atoms. The molecule has 11 heteroatoms. The summed E-state index contributed by atoms with van der Waals surface area (Å²) in [4.78, 5) is 35.4. The van der Waals surface area contributed by atoms with Crippen LogP contribution in [-0.4, -0.2) is 34.3 Å². The fourth-order valence-corrected chi connectivity index (χ4v) is 3.00. The quantitative estimate of drug-likeness (QED) is 0.415. The molecule has 0 aliphatic carbocycles. The number of nitrogens with zero attached hydrogens (tertiary/aromatic N) is 2. The third-order valence-electron chi connectivity index (χ3n) is 4.23. The van der Waals surface area contributed by atoms with Gasteiger partial charge in [0.15, 0.2) is 6.61 Å². The van der Waals surface area contributed by atoms with Crippen LogP contribution in [0, 0.1) is 18.6 Å². The predicted molar refractivity (Wildman–Crippen MR) is 117 cm³/mol. The van der Waals surface area contributed by atoms with Crippen molar-refractivity contribution in [1.82, 2.24) is 15.1 Å². The lowest BCUT2D eigenvalue weighted by atomic mass is 10.2. The average molecular weight is 475 g/mol. The molecule has 2 N–H and O–H groups in total. The number of benzene rings is 2. The van der Waals surface area contributed by atoms with Gasteiger partial charge in [-0.05, 0) is 49.4 Å². The van der Waals surface area contributed by atoms with Gasteiger partial charge >= 0.3 is 12.0 Å². The minimum atomic E-state index is -0.979. The van der Waals surface area contributed by atoms with Crippen LogP contribution in [0.15, 0.2) is 54.6 Å². The van der Waals surface area contributed by atoms with Crippen LogP contribution >= 0.6 is 11.6 Å². The van der Waals surface area contributed by atoms with Crippen LogP contribution in [0.25, 0.3) is 11.8 Å². The third kappa shape index (κ3) is 6.23. The lowest BCUT2D eigenvalue weighted by molar-refractivity contribution is -0.143. The van der Waals surface area contributed by atoms with E-state index in [1.165, 1.54) is 53.2 Å². The van der Waals surface area contributed by atoms with Gasteiger partial charge in [-0.1, -0.05) is 23.7 Å². The maximum atomic E-state index is 13.5. The van der Waals surface area contributed by atoms with Gasteiger partial charge in [0.05, 0.1) is 17.1 Å². The van der Waals surface area contributed by atoms with Gasteiger partial charge in [-0.15, -0.1) is 0 Å². The number of halogens is 3. The molecule has 3 rings (SSSR count). The molecule has 1 aromatic heterocycles. The van der Waals surface area contributed by atoms with E-state index < -0.39 is 36.1 Å². The molecule has 2 aromatic carbocycles. The van der Waals surface area contributed by atoms with E-state index in [1.54, 1.807) is 6.92 Å². The van der Waals surface area contributed by atoms with E-state index in [1.807, 2.05) is 5.32 Å². The van der Waals surface area contributed by atoms with Crippen LogP contribution in [0.2, 0.25) is 5.15 Å². The minimum Gasteiger partial charge on any atom is -0.452 e. The van der Waals surface area contributed by atoms with E-state index in [0.717, 1.165) is 12.1 Å². The number of carbonyl (C=O) groups is 3. The van der Waals surface area contributed by atoms with E-state index in [2.05, 4.69) is 10.4 Å². The number of amides is 3. The van der Waals surface area contributed by atoms with Crippen molar-refractivity contribution in [1.29, 1.82) is 0 Å². The summed E-state index contributed by atoms with van der Waals surface area (Å²) in [5.74, 6) is -2.86. The molecule has 0 bridgehead atoms. The first-order valence-electron chi connectivity index (χ1n) is 9.46. The highest BCUT2D eigenvalue weighted by atomic mass is 35.5. The maximum Gasteiger partial charge on any atom is 0.331 e. The van der Waals surface area contributed by atoms with Crippen molar-refractivity contribution in [3.63, 3.8) is 0 Å². The summed E-state index contributed by atoms with van der Waals surface area (Å²) in [6, 6.07) is 9.94. The van der Waals surface area contributed by atoms with Crippen LogP contribution < -0.4 is 10.6 Å². The molecule has 1 heterocycles. The van der Waals surface area contributed by atoms with Gasteiger partial charge in [0.2, 0.25) is 0 Å². The molecule has 0 aliphatic rings. The summed E-state index contributed by atoms with van der Waals surface area (Å²) < 4.78 is 32.8. The number of hydrogen-bond donors (Lipinski definition) is 2. The molecule has 0 aliphatic heterocycles. The number of hydrogen-bond acceptors (Lipinski definition) is 5. The summed E-state index contributed by atoms with van der Waals surface area (Å²) in [6.45, 7) is 0.925. The van der Waals surface area contributed by atoms with Gasteiger partial charge in [-0.25, -0.2) is 23.1 Å². The topological polar surface area (TPSA) is 102 Å². The first kappa shape index (κ1) is 23.6. The molecular weight excluding hydrogens is 458 g/mol. The minimum absolute atomic E-state index is 0.115. The number of urea groups is 1. The van der Waals surface area contributed by atoms with Gasteiger partial charge in [0.1, 0.15) is 16.8 Å². The van der Waals surface area contributed by atoms with Crippen molar-refractivity contribution in [2.75, 3.05) is 11.9 Å². The normalized spacial score (nSPS) is 10.8. The molecule has 8 nitrogen and oxygen atoms in total. The zero-order valence-electron chi connectivity index (χ0n) is 17.1. The Morgan fingerprint density at radius 3 is 2.52 bits per heavy atom. The Kier molecular flexibility index (Phi) is 7.52. The zero-order chi connectivity index (χ0) is 24.0. The van der Waals surface area contributed by atoms with E-state index in [-0.39, 0.29) is 10.8 Å². The van der Waals surface area contributed by atoms with Crippen LogP contribution in [-0.2, 0) is 14.3 Å². The number of aryl methyl sites for hydroxylation is 1. The average Bonchev–Trinajstić information content (AvgIpc) is 3.06. The molecule has 0 atom stereocenters. The van der Waals surface area contributed by atoms with Crippen LogP contribution in [0.1, 0.15) is 11.3 Å². The highest BCUT2D eigenvalue weighted by Crippen LogP contribution is 2.24. The van der Waals surface area contributed by atoms with Crippen LogP contribution in [0.5, 0.6) is 0 Å². The first-order valence-corrected chi connectivity index (χ1v) is 9.83. The van der Waals surface area contributed by atoms with E-state index >= 15 is 0 Å². The molecule has 0 saturated carbocycles. The van der Waals surface area contributed by atoms with E-state index in [0.29, 0.717) is 16.9 Å². The van der Waals surface area contributed by atoms with Crippen LogP contribution in [0.4, 0.5) is 19.3 Å². The zero-order valence-corrected chi connectivity index (χ0v) is 17.9. The molecule has 0 fully saturated rings. The lowest BCUT2D eigenvalue weighted by Crippen LogP contribution is -2.37. The highest BCUT2D eigenvalue weighted by Gasteiger charge is 2.14. The van der Waals surface area contributed by atoms with Crippen molar-refractivity contribution in [2.24, 2.45) is 0 Å². The Hall–Kier alpha value is -4.05. The number of nitrogens with one attached hydrogen (secondary N) is 2. The standard InChI is InChI=1S/C22H17ClF2N4O4/c1-13-16(21(23)29(28-13)15-8-6-14(24)7-9-15)10-11-20(31)33-12-19(30)27-22(32)26-18-5-3-2-4-17(18)25/h2-11H,12H2,1H3,(H2,26,27,30,32)/b11-10+. The molecule has 0 saturated heterocycles.